The van der Waals surface area contributed by atoms with Crippen molar-refractivity contribution in [2.24, 2.45) is 0 Å². The minimum absolute atomic E-state index is 0. The van der Waals surface area contributed by atoms with Crippen molar-refractivity contribution < 1.29 is 18.0 Å². The zero-order valence-electron chi connectivity index (χ0n) is 9.18. The topological polar surface area (TPSA) is 41.1 Å². The molecule has 1 aliphatic rings. The van der Waals surface area contributed by atoms with Gasteiger partial charge < -0.3 is 10.6 Å². The van der Waals surface area contributed by atoms with Gasteiger partial charge >= 0.3 is 5.51 Å². The first-order chi connectivity index (χ1) is 7.49. The number of piperidine rings is 1. The zero-order valence-corrected chi connectivity index (χ0v) is 10.8. The summed E-state index contributed by atoms with van der Waals surface area (Å²) in [7, 11) is 0. The summed E-state index contributed by atoms with van der Waals surface area (Å²) in [6.07, 6.45) is 2.80. The lowest BCUT2D eigenvalue weighted by atomic mass is 10.0. The Balaban J connectivity index is 0.00000256. The molecule has 0 unspecified atom stereocenters. The third-order valence-electron chi connectivity index (χ3n) is 2.29. The maximum Gasteiger partial charge on any atom is 0.441 e. The summed E-state index contributed by atoms with van der Waals surface area (Å²) >= 11 is -0.113. The third kappa shape index (κ3) is 7.72. The van der Waals surface area contributed by atoms with Crippen molar-refractivity contribution in [1.82, 2.24) is 10.6 Å². The van der Waals surface area contributed by atoms with Crippen molar-refractivity contribution >= 4 is 30.1 Å². The Morgan fingerprint density at radius 2 is 2.12 bits per heavy atom. The van der Waals surface area contributed by atoms with Gasteiger partial charge in [0.2, 0.25) is 5.91 Å². The summed E-state index contributed by atoms with van der Waals surface area (Å²) in [4.78, 5) is 11.5. The fourth-order valence-corrected chi connectivity index (χ4v) is 1.98. The first-order valence-electron chi connectivity index (χ1n) is 5.21. The van der Waals surface area contributed by atoms with Gasteiger partial charge in [-0.15, -0.1) is 12.4 Å². The van der Waals surface area contributed by atoms with E-state index >= 15 is 0 Å². The first-order valence-corrected chi connectivity index (χ1v) is 6.19. The van der Waals surface area contributed by atoms with Crippen LogP contribution in [0.25, 0.3) is 0 Å². The van der Waals surface area contributed by atoms with Crippen LogP contribution in [0.15, 0.2) is 0 Å². The smallest absolute Gasteiger partial charge is 0.354 e. The van der Waals surface area contributed by atoms with Gasteiger partial charge in [0, 0.05) is 12.3 Å². The SMILES string of the molecule is Cl.O=C(NCCSC(F)(F)F)[C@@H]1CCCCN1. The molecule has 1 rings (SSSR count). The van der Waals surface area contributed by atoms with Crippen LogP contribution in [0.1, 0.15) is 19.3 Å². The molecule has 0 aromatic heterocycles. The van der Waals surface area contributed by atoms with E-state index in [0.29, 0.717) is 0 Å². The largest absolute Gasteiger partial charge is 0.441 e. The molecule has 1 saturated heterocycles. The van der Waals surface area contributed by atoms with E-state index in [1.807, 2.05) is 0 Å². The molecule has 0 aliphatic carbocycles. The highest BCUT2D eigenvalue weighted by atomic mass is 35.5. The second-order valence-corrected chi connectivity index (χ2v) is 4.75. The van der Waals surface area contributed by atoms with Crippen LogP contribution in [0.3, 0.4) is 0 Å². The lowest BCUT2D eigenvalue weighted by Gasteiger charge is -2.22. The van der Waals surface area contributed by atoms with Crippen LogP contribution in [0.2, 0.25) is 0 Å². The maximum absolute atomic E-state index is 11.8. The van der Waals surface area contributed by atoms with Gasteiger partial charge in [-0.25, -0.2) is 0 Å². The second-order valence-electron chi connectivity index (χ2n) is 3.59. The Morgan fingerprint density at radius 1 is 1.41 bits per heavy atom. The Morgan fingerprint density at radius 3 is 2.65 bits per heavy atom. The van der Waals surface area contributed by atoms with Crippen LogP contribution >= 0.6 is 24.2 Å². The third-order valence-corrected chi connectivity index (χ3v) is 3.03. The van der Waals surface area contributed by atoms with Crippen molar-refractivity contribution in [3.05, 3.63) is 0 Å². The van der Waals surface area contributed by atoms with Crippen LogP contribution in [-0.4, -0.2) is 36.3 Å². The van der Waals surface area contributed by atoms with Crippen LogP contribution in [0.4, 0.5) is 13.2 Å². The lowest BCUT2D eigenvalue weighted by Crippen LogP contribution is -2.47. The van der Waals surface area contributed by atoms with E-state index in [1.54, 1.807) is 0 Å². The van der Waals surface area contributed by atoms with Gasteiger partial charge in [-0.1, -0.05) is 6.42 Å². The van der Waals surface area contributed by atoms with E-state index < -0.39 is 5.51 Å². The first kappa shape index (κ1) is 16.9. The van der Waals surface area contributed by atoms with Crippen LogP contribution in [0.5, 0.6) is 0 Å². The van der Waals surface area contributed by atoms with Gasteiger partial charge in [-0.05, 0) is 31.1 Å². The summed E-state index contributed by atoms with van der Waals surface area (Å²) < 4.78 is 35.3. The molecular formula is C9H16ClF3N2OS. The average molecular weight is 293 g/mol. The molecule has 1 atom stereocenters. The fraction of sp³-hybridized carbons (Fsp3) is 0.889. The summed E-state index contributed by atoms with van der Waals surface area (Å²) in [6, 6.07) is -0.232. The molecule has 0 saturated carbocycles. The molecule has 102 valence electrons. The van der Waals surface area contributed by atoms with Crippen molar-refractivity contribution in [3.63, 3.8) is 0 Å². The predicted molar refractivity (Wildman–Crippen MR) is 64.4 cm³/mol. The molecular weight excluding hydrogens is 277 g/mol. The van der Waals surface area contributed by atoms with Gasteiger partial charge in [-0.3, -0.25) is 4.79 Å². The number of hydrogen-bond donors (Lipinski definition) is 2. The van der Waals surface area contributed by atoms with Gasteiger partial charge in [0.15, 0.2) is 0 Å². The Labute approximate surface area is 109 Å². The van der Waals surface area contributed by atoms with E-state index in [0.717, 1.165) is 25.8 Å². The molecule has 0 bridgehead atoms. The average Bonchev–Trinajstić information content (AvgIpc) is 2.24. The van der Waals surface area contributed by atoms with Crippen LogP contribution < -0.4 is 10.6 Å². The molecule has 2 N–H and O–H groups in total. The summed E-state index contributed by atoms with van der Waals surface area (Å²) in [5.41, 5.74) is -4.21. The molecule has 1 fully saturated rings. The highest BCUT2D eigenvalue weighted by Crippen LogP contribution is 2.29. The van der Waals surface area contributed by atoms with E-state index in [-0.39, 0.29) is 48.4 Å². The number of carbonyl (C=O) groups is 1. The Hall–Kier alpha value is -0.140. The fourth-order valence-electron chi connectivity index (χ4n) is 1.54. The quantitative estimate of drug-likeness (QED) is 0.778. The number of hydrogen-bond acceptors (Lipinski definition) is 3. The molecule has 1 aliphatic heterocycles. The number of alkyl halides is 3. The van der Waals surface area contributed by atoms with Gasteiger partial charge in [0.05, 0.1) is 6.04 Å². The van der Waals surface area contributed by atoms with Crippen LogP contribution in [-0.2, 0) is 4.79 Å². The Kier molecular flexibility index (Phi) is 7.98. The number of halogens is 4. The highest BCUT2D eigenvalue weighted by molar-refractivity contribution is 8.00. The molecule has 17 heavy (non-hydrogen) atoms. The van der Waals surface area contributed by atoms with Crippen LogP contribution in [0, 0.1) is 0 Å². The van der Waals surface area contributed by atoms with Gasteiger partial charge in [-0.2, -0.15) is 13.2 Å². The molecule has 3 nitrogen and oxygen atoms in total. The second kappa shape index (κ2) is 8.05. The molecule has 0 spiro atoms. The monoisotopic (exact) mass is 292 g/mol. The predicted octanol–water partition coefficient (Wildman–Crippen LogP) is 1.92. The van der Waals surface area contributed by atoms with Crippen molar-refractivity contribution in [2.75, 3.05) is 18.8 Å². The molecule has 8 heteroatoms. The Bertz CT molecular complexity index is 235. The number of carbonyl (C=O) groups excluding carboxylic acids is 1. The normalized spacial score (nSPS) is 20.5. The lowest BCUT2D eigenvalue weighted by molar-refractivity contribution is -0.123. The molecule has 0 radical (unpaired) electrons. The summed E-state index contributed by atoms with van der Waals surface area (Å²) in [6.45, 7) is 0.858. The summed E-state index contributed by atoms with van der Waals surface area (Å²) in [5.74, 6) is -0.329. The number of nitrogens with one attached hydrogen (secondary N) is 2. The molecule has 1 heterocycles. The van der Waals surface area contributed by atoms with E-state index in [1.165, 1.54) is 0 Å². The molecule has 1 amide bonds. The van der Waals surface area contributed by atoms with E-state index in [2.05, 4.69) is 10.6 Å². The van der Waals surface area contributed by atoms with Crippen molar-refractivity contribution in [3.8, 4) is 0 Å². The maximum atomic E-state index is 11.8. The number of rotatable bonds is 4. The highest BCUT2D eigenvalue weighted by Gasteiger charge is 2.27. The molecule has 0 aromatic carbocycles. The van der Waals surface area contributed by atoms with Gasteiger partial charge in [0.1, 0.15) is 0 Å². The zero-order chi connectivity index (χ0) is 12.0. The minimum Gasteiger partial charge on any atom is -0.354 e. The number of thioether (sulfide) groups is 1. The number of amides is 1. The molecule has 0 aromatic rings. The summed E-state index contributed by atoms with van der Waals surface area (Å²) in [5, 5.41) is 5.54. The van der Waals surface area contributed by atoms with Crippen molar-refractivity contribution in [2.45, 2.75) is 30.8 Å². The van der Waals surface area contributed by atoms with E-state index in [4.69, 9.17) is 0 Å². The van der Waals surface area contributed by atoms with E-state index in [9.17, 15) is 18.0 Å². The van der Waals surface area contributed by atoms with Crippen molar-refractivity contribution in [1.29, 1.82) is 0 Å². The van der Waals surface area contributed by atoms with Gasteiger partial charge in [0.25, 0.3) is 0 Å². The standard InChI is InChI=1S/C9H15F3N2OS.ClH/c10-9(11,12)16-6-5-14-8(15)7-3-1-2-4-13-7;/h7,13H,1-6H2,(H,14,15);1H/t7-;/m0./s1. The minimum atomic E-state index is -4.21.